The summed E-state index contributed by atoms with van der Waals surface area (Å²) in [6, 6.07) is 7.82. The molecule has 0 spiro atoms. The molecule has 6 nitrogen and oxygen atoms in total. The lowest BCUT2D eigenvalue weighted by Gasteiger charge is -2.13. The fourth-order valence-electron chi connectivity index (χ4n) is 2.46. The van der Waals surface area contributed by atoms with Crippen molar-refractivity contribution in [2.75, 3.05) is 53.2 Å². The summed E-state index contributed by atoms with van der Waals surface area (Å²) < 4.78 is 17.7. The van der Waals surface area contributed by atoms with Crippen LogP contribution in [-0.4, -0.2) is 59.1 Å². The zero-order valence-electron chi connectivity index (χ0n) is 14.8. The van der Waals surface area contributed by atoms with Crippen molar-refractivity contribution >= 4 is 21.9 Å². The van der Waals surface area contributed by atoms with E-state index in [0.717, 1.165) is 62.0 Å². The van der Waals surface area contributed by atoms with Crippen molar-refractivity contribution in [3.8, 4) is 5.75 Å². The van der Waals surface area contributed by atoms with Crippen LogP contribution in [0.4, 0.5) is 0 Å². The van der Waals surface area contributed by atoms with Crippen LogP contribution in [0.15, 0.2) is 33.7 Å². The smallest absolute Gasteiger partial charge is 0.191 e. The summed E-state index contributed by atoms with van der Waals surface area (Å²) in [6.45, 7) is 5.37. The average molecular weight is 414 g/mol. The number of nitrogens with one attached hydrogen (secondary N) is 2. The lowest BCUT2D eigenvalue weighted by Crippen LogP contribution is -2.39. The summed E-state index contributed by atoms with van der Waals surface area (Å²) in [4.78, 5) is 4.20. The van der Waals surface area contributed by atoms with E-state index < -0.39 is 0 Å². The number of nitrogens with zero attached hydrogens (tertiary/aromatic N) is 1. The predicted molar refractivity (Wildman–Crippen MR) is 103 cm³/mol. The van der Waals surface area contributed by atoms with Crippen LogP contribution in [0, 0.1) is 5.92 Å². The largest absolute Gasteiger partial charge is 0.492 e. The molecule has 1 heterocycles. The van der Waals surface area contributed by atoms with Crippen LogP contribution in [-0.2, 0) is 9.47 Å². The van der Waals surface area contributed by atoms with Gasteiger partial charge in [0.15, 0.2) is 5.96 Å². The van der Waals surface area contributed by atoms with Gasteiger partial charge in [-0.15, -0.1) is 0 Å². The van der Waals surface area contributed by atoms with Gasteiger partial charge in [-0.05, 0) is 31.0 Å². The summed E-state index contributed by atoms with van der Waals surface area (Å²) in [5.74, 6) is 2.21. The molecule has 2 rings (SSSR count). The molecule has 140 valence electrons. The maximum absolute atomic E-state index is 5.69. The number of halogens is 1. The highest BCUT2D eigenvalue weighted by Crippen LogP contribution is 2.17. The van der Waals surface area contributed by atoms with E-state index in [0.29, 0.717) is 19.1 Å². The van der Waals surface area contributed by atoms with Gasteiger partial charge in [0.25, 0.3) is 0 Å². The molecule has 1 atom stereocenters. The summed E-state index contributed by atoms with van der Waals surface area (Å²) in [6.07, 6.45) is 2.07. The lowest BCUT2D eigenvalue weighted by molar-refractivity contribution is 0.0888. The number of ether oxygens (including phenoxy) is 3. The van der Waals surface area contributed by atoms with Crippen molar-refractivity contribution < 1.29 is 14.2 Å². The standard InChI is InChI=1S/C18H28BrN3O3/c1-20-18(21-7-3-9-23-13-15-6-10-24-14-15)22-8-11-25-17-5-2-4-16(19)12-17/h2,4-5,12,15H,3,6-11,13-14H2,1H3,(H2,20,21,22). The number of hydrogen-bond acceptors (Lipinski definition) is 4. The summed E-state index contributed by atoms with van der Waals surface area (Å²) >= 11 is 3.43. The third kappa shape index (κ3) is 8.56. The molecule has 1 fully saturated rings. The first-order valence-corrected chi connectivity index (χ1v) is 9.55. The summed E-state index contributed by atoms with van der Waals surface area (Å²) in [5.41, 5.74) is 0. The van der Waals surface area contributed by atoms with Gasteiger partial charge < -0.3 is 24.8 Å². The van der Waals surface area contributed by atoms with Crippen molar-refractivity contribution in [3.63, 3.8) is 0 Å². The number of guanidine groups is 1. The van der Waals surface area contributed by atoms with Crippen molar-refractivity contribution in [1.29, 1.82) is 0 Å². The molecule has 0 amide bonds. The Morgan fingerprint density at radius 1 is 1.32 bits per heavy atom. The molecule has 1 aromatic rings. The molecule has 1 saturated heterocycles. The number of benzene rings is 1. The van der Waals surface area contributed by atoms with Gasteiger partial charge in [-0.25, -0.2) is 0 Å². The van der Waals surface area contributed by atoms with Crippen LogP contribution in [0.1, 0.15) is 12.8 Å². The van der Waals surface area contributed by atoms with Gasteiger partial charge in [0, 0.05) is 37.2 Å². The fraction of sp³-hybridized carbons (Fsp3) is 0.611. The molecule has 0 saturated carbocycles. The van der Waals surface area contributed by atoms with Gasteiger partial charge in [0.05, 0.1) is 19.8 Å². The van der Waals surface area contributed by atoms with E-state index >= 15 is 0 Å². The third-order valence-electron chi connectivity index (χ3n) is 3.82. The Kier molecular flexibility index (Phi) is 9.69. The second kappa shape index (κ2) is 12.1. The molecule has 1 aromatic carbocycles. The van der Waals surface area contributed by atoms with E-state index in [4.69, 9.17) is 14.2 Å². The molecule has 25 heavy (non-hydrogen) atoms. The maximum Gasteiger partial charge on any atom is 0.191 e. The first-order valence-electron chi connectivity index (χ1n) is 8.76. The molecule has 2 N–H and O–H groups in total. The molecule has 1 aliphatic heterocycles. The van der Waals surface area contributed by atoms with Gasteiger partial charge in [0.2, 0.25) is 0 Å². The SMILES string of the molecule is CN=C(NCCCOCC1CCOC1)NCCOc1cccc(Br)c1. The Morgan fingerprint density at radius 2 is 2.20 bits per heavy atom. The number of hydrogen-bond donors (Lipinski definition) is 2. The van der Waals surface area contributed by atoms with Crippen LogP contribution < -0.4 is 15.4 Å². The van der Waals surface area contributed by atoms with E-state index in [1.165, 1.54) is 0 Å². The highest BCUT2D eigenvalue weighted by molar-refractivity contribution is 9.10. The monoisotopic (exact) mass is 413 g/mol. The Balaban J connectivity index is 1.47. The molecule has 0 bridgehead atoms. The molecule has 1 unspecified atom stereocenters. The minimum Gasteiger partial charge on any atom is -0.492 e. The fourth-order valence-corrected chi connectivity index (χ4v) is 2.84. The Bertz CT molecular complexity index is 522. The van der Waals surface area contributed by atoms with Crippen LogP contribution in [0.2, 0.25) is 0 Å². The summed E-state index contributed by atoms with van der Waals surface area (Å²) in [7, 11) is 1.76. The van der Waals surface area contributed by atoms with Gasteiger partial charge in [-0.2, -0.15) is 0 Å². The van der Waals surface area contributed by atoms with E-state index in [1.54, 1.807) is 7.05 Å². The first-order chi connectivity index (χ1) is 12.3. The predicted octanol–water partition coefficient (Wildman–Crippen LogP) is 2.44. The van der Waals surface area contributed by atoms with Gasteiger partial charge >= 0.3 is 0 Å². The van der Waals surface area contributed by atoms with Gasteiger partial charge in [-0.3, -0.25) is 4.99 Å². The van der Waals surface area contributed by atoms with Crippen LogP contribution in [0.3, 0.4) is 0 Å². The minimum atomic E-state index is 0.573. The van der Waals surface area contributed by atoms with E-state index in [-0.39, 0.29) is 0 Å². The molecular formula is C18H28BrN3O3. The highest BCUT2D eigenvalue weighted by atomic mass is 79.9. The van der Waals surface area contributed by atoms with Crippen molar-refractivity contribution in [1.82, 2.24) is 10.6 Å². The van der Waals surface area contributed by atoms with Crippen LogP contribution in [0.25, 0.3) is 0 Å². The average Bonchev–Trinajstić information content (AvgIpc) is 3.13. The third-order valence-corrected chi connectivity index (χ3v) is 4.31. The quantitative estimate of drug-likeness (QED) is 0.350. The maximum atomic E-state index is 5.69. The Morgan fingerprint density at radius 3 is 2.96 bits per heavy atom. The van der Waals surface area contributed by atoms with Crippen molar-refractivity contribution in [3.05, 3.63) is 28.7 Å². The molecule has 0 aromatic heterocycles. The zero-order valence-corrected chi connectivity index (χ0v) is 16.4. The van der Waals surface area contributed by atoms with Gasteiger partial charge in [0.1, 0.15) is 12.4 Å². The first kappa shape index (κ1) is 20.0. The Labute approximate surface area is 158 Å². The highest BCUT2D eigenvalue weighted by Gasteiger charge is 2.15. The second-order valence-corrected chi connectivity index (χ2v) is 6.81. The minimum absolute atomic E-state index is 0.573. The molecule has 7 heteroatoms. The van der Waals surface area contributed by atoms with Crippen LogP contribution in [0.5, 0.6) is 5.75 Å². The van der Waals surface area contributed by atoms with E-state index in [1.807, 2.05) is 24.3 Å². The molecular weight excluding hydrogens is 386 g/mol. The lowest BCUT2D eigenvalue weighted by atomic mass is 10.1. The van der Waals surface area contributed by atoms with E-state index in [9.17, 15) is 0 Å². The number of aliphatic imine (C=N–C) groups is 1. The van der Waals surface area contributed by atoms with E-state index in [2.05, 4.69) is 31.6 Å². The number of rotatable bonds is 10. The summed E-state index contributed by atoms with van der Waals surface area (Å²) in [5, 5.41) is 6.51. The van der Waals surface area contributed by atoms with Gasteiger partial charge in [-0.1, -0.05) is 22.0 Å². The second-order valence-electron chi connectivity index (χ2n) is 5.89. The zero-order chi connectivity index (χ0) is 17.7. The van der Waals surface area contributed by atoms with Crippen LogP contribution >= 0.6 is 15.9 Å². The topological polar surface area (TPSA) is 64.1 Å². The Hall–Kier alpha value is -1.31. The van der Waals surface area contributed by atoms with Crippen molar-refractivity contribution in [2.45, 2.75) is 12.8 Å². The molecule has 1 aliphatic rings. The normalized spacial score (nSPS) is 17.5. The molecule has 0 radical (unpaired) electrons. The van der Waals surface area contributed by atoms with Crippen molar-refractivity contribution in [2.24, 2.45) is 10.9 Å². The molecule has 0 aliphatic carbocycles.